The minimum atomic E-state index is -0.348. The molecule has 3 unspecified atom stereocenters. The SMILES string of the molecule is CC(O)CC1CCCCN1C(=O)C(CN)C(C)C. The predicted molar refractivity (Wildman–Crippen MR) is 73.0 cm³/mol. The zero-order valence-electron chi connectivity index (χ0n) is 11.9. The lowest BCUT2D eigenvalue weighted by atomic mass is 9.90. The van der Waals surface area contributed by atoms with E-state index in [1.54, 1.807) is 6.92 Å². The number of nitrogens with two attached hydrogens (primary N) is 1. The Hall–Kier alpha value is -0.610. The fourth-order valence-corrected chi connectivity index (χ4v) is 2.80. The Morgan fingerprint density at radius 3 is 2.56 bits per heavy atom. The van der Waals surface area contributed by atoms with E-state index in [0.29, 0.717) is 13.0 Å². The molecule has 0 bridgehead atoms. The molecule has 106 valence electrons. The second-order valence-corrected chi connectivity index (χ2v) is 5.85. The van der Waals surface area contributed by atoms with Gasteiger partial charge in [-0.3, -0.25) is 4.79 Å². The van der Waals surface area contributed by atoms with Gasteiger partial charge in [-0.15, -0.1) is 0 Å². The molecule has 1 rings (SSSR count). The molecule has 4 heteroatoms. The Morgan fingerprint density at radius 1 is 1.39 bits per heavy atom. The van der Waals surface area contributed by atoms with E-state index in [1.165, 1.54) is 0 Å². The van der Waals surface area contributed by atoms with Gasteiger partial charge in [0.15, 0.2) is 0 Å². The van der Waals surface area contributed by atoms with E-state index in [4.69, 9.17) is 5.73 Å². The van der Waals surface area contributed by atoms with Crippen LogP contribution in [-0.2, 0) is 4.79 Å². The molecule has 0 radical (unpaired) electrons. The van der Waals surface area contributed by atoms with Gasteiger partial charge < -0.3 is 15.7 Å². The number of carbonyl (C=O) groups excluding carboxylic acids is 1. The number of amides is 1. The molecule has 1 aliphatic heterocycles. The molecule has 0 spiro atoms. The van der Waals surface area contributed by atoms with Crippen LogP contribution in [0, 0.1) is 11.8 Å². The van der Waals surface area contributed by atoms with Gasteiger partial charge in [0.2, 0.25) is 5.91 Å². The van der Waals surface area contributed by atoms with Gasteiger partial charge in [0, 0.05) is 19.1 Å². The molecule has 1 heterocycles. The maximum Gasteiger partial charge on any atom is 0.227 e. The van der Waals surface area contributed by atoms with Gasteiger partial charge in [0.25, 0.3) is 0 Å². The van der Waals surface area contributed by atoms with E-state index in [2.05, 4.69) is 0 Å². The molecular weight excluding hydrogens is 228 g/mol. The van der Waals surface area contributed by atoms with E-state index in [1.807, 2.05) is 18.7 Å². The third-order valence-corrected chi connectivity index (χ3v) is 3.90. The van der Waals surface area contributed by atoms with Gasteiger partial charge in [0.05, 0.1) is 12.0 Å². The number of likely N-dealkylation sites (tertiary alicyclic amines) is 1. The minimum Gasteiger partial charge on any atom is -0.393 e. The van der Waals surface area contributed by atoms with Crippen molar-refractivity contribution in [1.82, 2.24) is 4.90 Å². The summed E-state index contributed by atoms with van der Waals surface area (Å²) in [5.41, 5.74) is 5.73. The first kappa shape index (κ1) is 15.4. The van der Waals surface area contributed by atoms with Crippen molar-refractivity contribution in [2.75, 3.05) is 13.1 Å². The summed E-state index contributed by atoms with van der Waals surface area (Å²) in [6, 6.07) is 0.194. The highest BCUT2D eigenvalue weighted by molar-refractivity contribution is 5.79. The summed E-state index contributed by atoms with van der Waals surface area (Å²) in [6.45, 7) is 7.11. The summed E-state index contributed by atoms with van der Waals surface area (Å²) in [5, 5.41) is 9.55. The summed E-state index contributed by atoms with van der Waals surface area (Å²) < 4.78 is 0. The first-order chi connectivity index (χ1) is 8.47. The molecule has 0 aromatic heterocycles. The molecule has 3 atom stereocenters. The summed E-state index contributed by atoms with van der Waals surface area (Å²) in [4.78, 5) is 14.5. The van der Waals surface area contributed by atoms with Crippen molar-refractivity contribution in [1.29, 1.82) is 0 Å². The lowest BCUT2D eigenvalue weighted by Crippen LogP contribution is -2.49. The van der Waals surface area contributed by atoms with Crippen LogP contribution in [0.5, 0.6) is 0 Å². The van der Waals surface area contributed by atoms with Gasteiger partial charge in [0.1, 0.15) is 0 Å². The molecule has 1 aliphatic rings. The van der Waals surface area contributed by atoms with Crippen molar-refractivity contribution < 1.29 is 9.90 Å². The maximum absolute atomic E-state index is 12.5. The average Bonchev–Trinajstić information content (AvgIpc) is 2.29. The van der Waals surface area contributed by atoms with Crippen molar-refractivity contribution in [2.45, 2.75) is 58.6 Å². The number of hydrogen-bond acceptors (Lipinski definition) is 3. The lowest BCUT2D eigenvalue weighted by Gasteiger charge is -2.39. The molecular formula is C14H28N2O2. The summed E-state index contributed by atoms with van der Waals surface area (Å²) in [7, 11) is 0. The van der Waals surface area contributed by atoms with Gasteiger partial charge in [-0.05, 0) is 38.5 Å². The Kier molecular flexibility index (Phi) is 6.09. The van der Waals surface area contributed by atoms with Crippen LogP contribution < -0.4 is 5.73 Å². The van der Waals surface area contributed by atoms with Gasteiger partial charge in [-0.2, -0.15) is 0 Å². The van der Waals surface area contributed by atoms with Crippen LogP contribution in [0.4, 0.5) is 0 Å². The highest BCUT2D eigenvalue weighted by atomic mass is 16.3. The zero-order chi connectivity index (χ0) is 13.7. The molecule has 0 saturated carbocycles. The number of hydrogen-bond donors (Lipinski definition) is 2. The van der Waals surface area contributed by atoms with E-state index in [-0.39, 0.29) is 29.9 Å². The fourth-order valence-electron chi connectivity index (χ4n) is 2.80. The molecule has 1 fully saturated rings. The molecule has 3 N–H and O–H groups in total. The average molecular weight is 256 g/mol. The highest BCUT2D eigenvalue weighted by Gasteiger charge is 2.32. The van der Waals surface area contributed by atoms with Crippen LogP contribution >= 0.6 is 0 Å². The number of carbonyl (C=O) groups is 1. The predicted octanol–water partition coefficient (Wildman–Crippen LogP) is 1.37. The fraction of sp³-hybridized carbons (Fsp3) is 0.929. The summed E-state index contributed by atoms with van der Waals surface area (Å²) in [5.74, 6) is 0.370. The van der Waals surface area contributed by atoms with Crippen molar-refractivity contribution >= 4 is 5.91 Å². The van der Waals surface area contributed by atoms with Crippen molar-refractivity contribution in [3.63, 3.8) is 0 Å². The number of rotatable bonds is 5. The molecule has 0 aromatic rings. The first-order valence-electron chi connectivity index (χ1n) is 7.16. The minimum absolute atomic E-state index is 0.0837. The van der Waals surface area contributed by atoms with Crippen LogP contribution in [0.1, 0.15) is 46.5 Å². The van der Waals surface area contributed by atoms with Crippen LogP contribution in [0.15, 0.2) is 0 Å². The van der Waals surface area contributed by atoms with E-state index in [9.17, 15) is 9.90 Å². The van der Waals surface area contributed by atoms with Crippen LogP contribution in [0.25, 0.3) is 0 Å². The topological polar surface area (TPSA) is 66.6 Å². The highest BCUT2D eigenvalue weighted by Crippen LogP contribution is 2.24. The van der Waals surface area contributed by atoms with Crippen LogP contribution in [-0.4, -0.2) is 41.1 Å². The van der Waals surface area contributed by atoms with Crippen molar-refractivity contribution in [2.24, 2.45) is 17.6 Å². The smallest absolute Gasteiger partial charge is 0.227 e. The molecule has 18 heavy (non-hydrogen) atoms. The third-order valence-electron chi connectivity index (χ3n) is 3.90. The van der Waals surface area contributed by atoms with Crippen molar-refractivity contribution in [3.05, 3.63) is 0 Å². The van der Waals surface area contributed by atoms with E-state index < -0.39 is 0 Å². The number of piperidine rings is 1. The van der Waals surface area contributed by atoms with E-state index in [0.717, 1.165) is 25.8 Å². The van der Waals surface area contributed by atoms with Crippen molar-refractivity contribution in [3.8, 4) is 0 Å². The van der Waals surface area contributed by atoms with Gasteiger partial charge >= 0.3 is 0 Å². The number of aliphatic hydroxyl groups excluding tert-OH is 1. The normalized spacial score (nSPS) is 24.1. The molecule has 0 aromatic carbocycles. The Morgan fingerprint density at radius 2 is 2.06 bits per heavy atom. The Balaban J connectivity index is 2.72. The van der Waals surface area contributed by atoms with Crippen LogP contribution in [0.2, 0.25) is 0 Å². The quantitative estimate of drug-likeness (QED) is 0.780. The second-order valence-electron chi connectivity index (χ2n) is 5.85. The Bertz CT molecular complexity index is 267. The Labute approximate surface area is 111 Å². The lowest BCUT2D eigenvalue weighted by molar-refractivity contribution is -0.141. The first-order valence-corrected chi connectivity index (χ1v) is 7.16. The zero-order valence-corrected chi connectivity index (χ0v) is 11.9. The second kappa shape index (κ2) is 7.10. The summed E-state index contributed by atoms with van der Waals surface area (Å²) >= 11 is 0. The third kappa shape index (κ3) is 3.95. The maximum atomic E-state index is 12.5. The molecule has 0 aliphatic carbocycles. The summed E-state index contributed by atoms with van der Waals surface area (Å²) in [6.07, 6.45) is 3.56. The number of nitrogens with zero attached hydrogens (tertiary/aromatic N) is 1. The largest absolute Gasteiger partial charge is 0.393 e. The van der Waals surface area contributed by atoms with Gasteiger partial charge in [-0.25, -0.2) is 0 Å². The van der Waals surface area contributed by atoms with Crippen LogP contribution in [0.3, 0.4) is 0 Å². The molecule has 1 amide bonds. The standard InChI is InChI=1S/C14H28N2O2/c1-10(2)13(9-15)14(18)16-7-5-4-6-12(16)8-11(3)17/h10-13,17H,4-9,15H2,1-3H3. The van der Waals surface area contributed by atoms with Gasteiger partial charge in [-0.1, -0.05) is 13.8 Å². The molecule has 4 nitrogen and oxygen atoms in total. The monoisotopic (exact) mass is 256 g/mol. The van der Waals surface area contributed by atoms with E-state index >= 15 is 0 Å². The number of aliphatic hydroxyl groups is 1. The molecule has 1 saturated heterocycles.